The minimum Gasteiger partial charge on any atom is -0.459 e. The molecule has 6 aliphatic rings. The lowest BCUT2D eigenvalue weighted by Crippen LogP contribution is -2.70. The van der Waals surface area contributed by atoms with Gasteiger partial charge in [-0.15, -0.1) is 0 Å². The lowest BCUT2D eigenvalue weighted by molar-refractivity contribution is -0.570. The summed E-state index contributed by atoms with van der Waals surface area (Å²) in [5, 5.41) is 8.39. The smallest absolute Gasteiger partial charge is 0.407 e. The van der Waals surface area contributed by atoms with Gasteiger partial charge in [0.05, 0.1) is 12.5 Å². The Balaban J connectivity index is 1.00. The molecule has 16 nitrogen and oxygen atoms in total. The minimum atomic E-state index is -1.01. The third-order valence-electron chi connectivity index (χ3n) is 14.0. The molecule has 4 amide bonds. The summed E-state index contributed by atoms with van der Waals surface area (Å²) in [6, 6.07) is 15.0. The second kappa shape index (κ2) is 20.4. The third-order valence-corrected chi connectivity index (χ3v) is 14.0. The Labute approximate surface area is 395 Å². The van der Waals surface area contributed by atoms with E-state index in [1.54, 1.807) is 41.5 Å². The molecule has 2 aromatic rings. The summed E-state index contributed by atoms with van der Waals surface area (Å²) < 4.78 is 30.0. The van der Waals surface area contributed by atoms with Gasteiger partial charge in [0, 0.05) is 37.9 Å². The molecule has 2 aliphatic carbocycles. The van der Waals surface area contributed by atoms with Crippen LogP contribution in [0.15, 0.2) is 48.5 Å². The average molecular weight is 933 g/mol. The summed E-state index contributed by atoms with van der Waals surface area (Å²) in [7, 11) is 0. The van der Waals surface area contributed by atoms with Crippen molar-refractivity contribution in [1.82, 2.24) is 20.9 Å². The standard InChI is InChI=1S/C51H72N4O12/c1-31-21-22-39-32(2)41(62-45-51(39)38(31)23-24-50(9,64-45)66-67-51)28-42(56)55(29-43(57)63-48(3,4)5)27-26-52-44(58)40(20-14-15-25-53-46(59)65-49(6,7)8)54-47(60)61-30-37-35-18-12-10-16-33(35)34-17-11-13-19-36(34)37/h10-13,16-19,31-32,37-41,45H,14-15,20-30H2,1-9H3,(H,52,58)(H,53,59)(H,54,60)/t31-,32-,38?,39?,40+,41-,45-,50+,51-/m1/s1. The van der Waals surface area contributed by atoms with E-state index in [0.717, 1.165) is 41.5 Å². The number of nitrogens with one attached hydrogen (secondary N) is 3. The molecule has 9 atom stereocenters. The van der Waals surface area contributed by atoms with E-state index < -0.39 is 65.1 Å². The highest BCUT2D eigenvalue weighted by molar-refractivity contribution is 5.86. The molecule has 2 aromatic carbocycles. The van der Waals surface area contributed by atoms with Gasteiger partial charge in [-0.05, 0) is 127 Å². The normalized spacial score (nSPS) is 27.8. The number of hydrogen-bond acceptors (Lipinski definition) is 12. The van der Waals surface area contributed by atoms with Gasteiger partial charge in [0.15, 0.2) is 11.9 Å². The van der Waals surface area contributed by atoms with Crippen LogP contribution in [0.2, 0.25) is 0 Å². The first-order valence-corrected chi connectivity index (χ1v) is 24.2. The molecule has 368 valence electrons. The van der Waals surface area contributed by atoms with Gasteiger partial charge in [0.2, 0.25) is 17.6 Å². The van der Waals surface area contributed by atoms with E-state index in [0.29, 0.717) is 31.7 Å². The Morgan fingerprint density at radius 1 is 0.806 bits per heavy atom. The summed E-state index contributed by atoms with van der Waals surface area (Å²) >= 11 is 0. The highest BCUT2D eigenvalue weighted by atomic mass is 17.3. The van der Waals surface area contributed by atoms with Crippen LogP contribution in [0.1, 0.15) is 131 Å². The molecule has 2 unspecified atom stereocenters. The first kappa shape index (κ1) is 50.1. The van der Waals surface area contributed by atoms with Crippen LogP contribution in [0.5, 0.6) is 0 Å². The summed E-state index contributed by atoms with van der Waals surface area (Å²) in [6.07, 6.45) is 2.01. The maximum Gasteiger partial charge on any atom is 0.407 e. The molecule has 8 rings (SSSR count). The van der Waals surface area contributed by atoms with Crippen molar-refractivity contribution in [2.45, 2.75) is 161 Å². The molecule has 1 spiro atoms. The molecule has 5 fully saturated rings. The van der Waals surface area contributed by atoms with Crippen molar-refractivity contribution >= 4 is 30.0 Å². The van der Waals surface area contributed by atoms with Crippen molar-refractivity contribution in [2.75, 3.05) is 32.8 Å². The molecule has 3 N–H and O–H groups in total. The van der Waals surface area contributed by atoms with Gasteiger partial charge < -0.3 is 44.5 Å². The van der Waals surface area contributed by atoms with E-state index in [2.05, 4.69) is 41.9 Å². The fraction of sp³-hybridized carbons (Fsp3) is 0.667. The SMILES string of the molecule is C[C@@H]1CCC2[C@@H](C)[C@@H](CC(=O)N(CCNC(=O)[C@H](CCCCNC(=O)OC(C)(C)C)NC(=O)OCC3c4ccccc4-c4ccccc43)CC(=O)OC(C)(C)C)O[C@@H]3O[C@]4(C)CCC1[C@@]23OO4. The number of ether oxygens (including phenoxy) is 5. The van der Waals surface area contributed by atoms with Gasteiger partial charge >= 0.3 is 18.2 Å². The maximum atomic E-state index is 14.4. The largest absolute Gasteiger partial charge is 0.459 e. The second-order valence-corrected chi connectivity index (χ2v) is 21.3. The fourth-order valence-electron chi connectivity index (χ4n) is 10.8. The number of nitrogens with zero attached hydrogens (tertiary/aromatic N) is 1. The van der Waals surface area contributed by atoms with Gasteiger partial charge in [-0.2, -0.15) is 0 Å². The van der Waals surface area contributed by atoms with Gasteiger partial charge in [-0.25, -0.2) is 19.4 Å². The van der Waals surface area contributed by atoms with Crippen LogP contribution < -0.4 is 16.0 Å². The van der Waals surface area contributed by atoms with Crippen LogP contribution in [0.3, 0.4) is 0 Å². The zero-order valence-corrected chi connectivity index (χ0v) is 40.8. The number of hydrogen-bond donors (Lipinski definition) is 3. The summed E-state index contributed by atoms with van der Waals surface area (Å²) in [4.78, 5) is 81.0. The molecule has 16 heteroatoms. The predicted molar refractivity (Wildman–Crippen MR) is 247 cm³/mol. The van der Waals surface area contributed by atoms with Crippen molar-refractivity contribution in [3.05, 3.63) is 59.7 Å². The van der Waals surface area contributed by atoms with Crippen LogP contribution in [0, 0.1) is 23.7 Å². The molecule has 1 saturated carbocycles. The highest BCUT2D eigenvalue weighted by Gasteiger charge is 2.69. The molecule has 2 bridgehead atoms. The number of benzene rings is 2. The van der Waals surface area contributed by atoms with Crippen molar-refractivity contribution in [2.24, 2.45) is 23.7 Å². The summed E-state index contributed by atoms with van der Waals surface area (Å²) in [5.74, 6) is -2.11. The lowest BCUT2D eigenvalue weighted by atomic mass is 9.57. The number of fused-ring (bicyclic) bond motifs is 5. The minimum absolute atomic E-state index is 0.0143. The van der Waals surface area contributed by atoms with Crippen molar-refractivity contribution in [3.8, 4) is 11.1 Å². The number of rotatable bonds is 16. The van der Waals surface area contributed by atoms with E-state index in [1.807, 2.05) is 43.3 Å². The Bertz CT molecular complexity index is 2070. The van der Waals surface area contributed by atoms with Crippen molar-refractivity contribution < 1.29 is 57.4 Å². The zero-order valence-electron chi connectivity index (χ0n) is 40.8. The number of carbonyl (C=O) groups is 5. The quantitative estimate of drug-likeness (QED) is 0.0651. The van der Waals surface area contributed by atoms with E-state index in [1.165, 1.54) is 4.90 Å². The number of alkyl carbamates (subject to hydrolysis) is 2. The van der Waals surface area contributed by atoms with Crippen molar-refractivity contribution in [1.29, 1.82) is 0 Å². The molecule has 0 aromatic heterocycles. The molecule has 4 saturated heterocycles. The predicted octanol–water partition coefficient (Wildman–Crippen LogP) is 7.52. The number of amides is 4. The van der Waals surface area contributed by atoms with E-state index >= 15 is 0 Å². The molecule has 4 aliphatic heterocycles. The summed E-state index contributed by atoms with van der Waals surface area (Å²) in [5.41, 5.74) is 2.07. The Hall–Kier alpha value is -4.77. The molecule has 67 heavy (non-hydrogen) atoms. The van der Waals surface area contributed by atoms with Gasteiger partial charge in [0.25, 0.3) is 0 Å². The Kier molecular flexibility index (Phi) is 15.3. The Morgan fingerprint density at radius 3 is 2.15 bits per heavy atom. The van der Waals surface area contributed by atoms with E-state index in [-0.39, 0.29) is 68.7 Å². The van der Waals surface area contributed by atoms with Crippen LogP contribution in [-0.4, -0.2) is 109 Å². The Morgan fingerprint density at radius 2 is 1.48 bits per heavy atom. The van der Waals surface area contributed by atoms with Crippen LogP contribution >= 0.6 is 0 Å². The lowest BCUT2D eigenvalue weighted by Gasteiger charge is -2.60. The van der Waals surface area contributed by atoms with Gasteiger partial charge in [-0.1, -0.05) is 62.4 Å². The number of unbranched alkanes of at least 4 members (excludes halogenated alkanes) is 1. The fourth-order valence-corrected chi connectivity index (χ4v) is 10.8. The van der Waals surface area contributed by atoms with Gasteiger partial charge in [-0.3, -0.25) is 14.4 Å². The second-order valence-electron chi connectivity index (χ2n) is 21.3. The maximum absolute atomic E-state index is 14.4. The van der Waals surface area contributed by atoms with Crippen molar-refractivity contribution in [3.63, 3.8) is 0 Å². The van der Waals surface area contributed by atoms with Crippen LogP contribution in [0.4, 0.5) is 9.59 Å². The first-order chi connectivity index (χ1) is 31.7. The summed E-state index contributed by atoms with van der Waals surface area (Å²) in [6.45, 7) is 16.8. The van der Waals surface area contributed by atoms with Crippen LogP contribution in [0.25, 0.3) is 11.1 Å². The third kappa shape index (κ3) is 11.7. The zero-order chi connectivity index (χ0) is 48.3. The molecular formula is C51H72N4O12. The molecular weight excluding hydrogens is 861 g/mol. The first-order valence-electron chi connectivity index (χ1n) is 24.2. The topological polar surface area (TPSA) is 189 Å². The van der Waals surface area contributed by atoms with E-state index in [4.69, 9.17) is 33.5 Å². The molecule has 4 heterocycles. The van der Waals surface area contributed by atoms with Gasteiger partial charge in [0.1, 0.15) is 30.4 Å². The molecule has 0 radical (unpaired) electrons. The average Bonchev–Trinajstić information content (AvgIpc) is 3.39. The van der Waals surface area contributed by atoms with E-state index in [9.17, 15) is 24.0 Å². The number of esters is 1. The monoisotopic (exact) mass is 933 g/mol. The number of carbonyl (C=O) groups excluding carboxylic acids is 5. The highest BCUT2D eigenvalue weighted by Crippen LogP contribution is 2.61. The van der Waals surface area contributed by atoms with Crippen LogP contribution in [-0.2, 0) is 47.8 Å².